The molecule has 2 aliphatic heterocycles. The van der Waals surface area contributed by atoms with Crippen molar-refractivity contribution in [3.05, 3.63) is 22.8 Å². The van der Waals surface area contributed by atoms with E-state index in [9.17, 15) is 0 Å². The summed E-state index contributed by atoms with van der Waals surface area (Å²) >= 11 is 9.11. The monoisotopic (exact) mass is 230 g/mol. The second-order valence-corrected chi connectivity index (χ2v) is 3.57. The molecule has 0 saturated heterocycles. The van der Waals surface area contributed by atoms with Gasteiger partial charge in [0.25, 0.3) is 0 Å². The molecule has 0 fully saturated rings. The zero-order valence-electron chi connectivity index (χ0n) is 5.46. The van der Waals surface area contributed by atoms with Gasteiger partial charge in [-0.15, -0.1) is 0 Å². The maximum absolute atomic E-state index is 5.71. The van der Waals surface area contributed by atoms with Gasteiger partial charge in [-0.1, -0.05) is 33.6 Å². The zero-order valence-corrected chi connectivity index (χ0v) is 7.80. The van der Waals surface area contributed by atoms with Gasteiger partial charge in [-0.05, 0) is 6.08 Å². The van der Waals surface area contributed by atoms with Crippen LogP contribution in [0.5, 0.6) is 0 Å². The number of allylic oxidation sites excluding steroid dienone is 1. The van der Waals surface area contributed by atoms with Crippen molar-refractivity contribution in [1.29, 1.82) is 0 Å². The van der Waals surface area contributed by atoms with Crippen LogP contribution in [0.3, 0.4) is 0 Å². The summed E-state index contributed by atoms with van der Waals surface area (Å²) in [4.78, 5) is 8.11. The van der Waals surface area contributed by atoms with Crippen LogP contribution >= 0.6 is 27.5 Å². The molecular weight excluding hydrogens is 227 g/mol. The number of nitrogens with zero attached hydrogens (tertiary/aromatic N) is 2. The molecule has 0 aromatic heterocycles. The van der Waals surface area contributed by atoms with E-state index in [1.54, 1.807) is 12.3 Å². The van der Waals surface area contributed by atoms with Crippen LogP contribution < -0.4 is 0 Å². The van der Waals surface area contributed by atoms with E-state index in [0.717, 1.165) is 10.3 Å². The summed E-state index contributed by atoms with van der Waals surface area (Å²) in [7, 11) is 0. The molecule has 0 aliphatic carbocycles. The fourth-order valence-corrected chi connectivity index (χ4v) is 1.94. The quantitative estimate of drug-likeness (QED) is 0.612. The van der Waals surface area contributed by atoms with Crippen LogP contribution in [-0.4, -0.2) is 11.0 Å². The van der Waals surface area contributed by atoms with Crippen LogP contribution in [0.25, 0.3) is 0 Å². The summed E-state index contributed by atoms with van der Waals surface area (Å²) in [6.45, 7) is 0. The van der Waals surface area contributed by atoms with Crippen LogP contribution in [-0.2, 0) is 0 Å². The molecule has 0 amide bonds. The minimum atomic E-state index is 0.192. The smallest absolute Gasteiger partial charge is 0.141 e. The normalized spacial score (nSPS) is 27.5. The highest BCUT2D eigenvalue weighted by molar-refractivity contribution is 9.11. The van der Waals surface area contributed by atoms with Crippen molar-refractivity contribution in [3.8, 4) is 0 Å². The zero-order chi connectivity index (χ0) is 7.84. The third-order valence-corrected chi connectivity index (χ3v) is 2.45. The number of rotatable bonds is 0. The van der Waals surface area contributed by atoms with Crippen molar-refractivity contribution < 1.29 is 0 Å². The van der Waals surface area contributed by atoms with E-state index >= 15 is 0 Å². The maximum atomic E-state index is 5.71. The molecule has 56 valence electrons. The molecule has 0 N–H and O–H groups in total. The first-order valence-corrected chi connectivity index (χ1v) is 4.30. The summed E-state index contributed by atoms with van der Waals surface area (Å²) in [6.07, 6.45) is 5.51. The highest BCUT2D eigenvalue weighted by Gasteiger charge is 2.22. The second kappa shape index (κ2) is 2.57. The molecule has 0 radical (unpaired) electrons. The molecule has 2 aliphatic rings. The van der Waals surface area contributed by atoms with Gasteiger partial charge in [0.1, 0.15) is 11.0 Å². The Morgan fingerprint density at radius 1 is 1.55 bits per heavy atom. The van der Waals surface area contributed by atoms with E-state index in [4.69, 9.17) is 11.6 Å². The Balaban J connectivity index is 2.45. The van der Waals surface area contributed by atoms with Crippen molar-refractivity contribution in [3.63, 3.8) is 0 Å². The van der Waals surface area contributed by atoms with Gasteiger partial charge in [0.2, 0.25) is 0 Å². The van der Waals surface area contributed by atoms with E-state index in [-0.39, 0.29) is 5.92 Å². The average molecular weight is 231 g/mol. The van der Waals surface area contributed by atoms with Gasteiger partial charge in [-0.3, -0.25) is 0 Å². The number of aliphatic imine (C=N–C) groups is 2. The number of halogens is 2. The first kappa shape index (κ1) is 7.25. The maximum Gasteiger partial charge on any atom is 0.141 e. The molecule has 0 aromatic carbocycles. The minimum Gasteiger partial charge on any atom is -0.241 e. The number of fused-ring (bicyclic) bond motifs is 1. The lowest BCUT2D eigenvalue weighted by Gasteiger charge is -2.11. The lowest BCUT2D eigenvalue weighted by molar-refractivity contribution is 1.12. The molecule has 0 bridgehead atoms. The summed E-state index contributed by atoms with van der Waals surface area (Å²) in [5.41, 5.74) is 0. The second-order valence-electron chi connectivity index (χ2n) is 2.27. The highest BCUT2D eigenvalue weighted by atomic mass is 79.9. The summed E-state index contributed by atoms with van der Waals surface area (Å²) in [5.74, 6) is 0.960. The molecule has 1 atom stereocenters. The van der Waals surface area contributed by atoms with Crippen LogP contribution in [0.1, 0.15) is 0 Å². The first-order chi connectivity index (χ1) is 5.27. The van der Waals surface area contributed by atoms with E-state index in [0.29, 0.717) is 5.17 Å². The predicted molar refractivity (Wildman–Crippen MR) is 50.4 cm³/mol. The van der Waals surface area contributed by atoms with Crippen LogP contribution in [0.4, 0.5) is 0 Å². The Morgan fingerprint density at radius 3 is 3.18 bits per heavy atom. The molecule has 0 aromatic rings. The van der Waals surface area contributed by atoms with E-state index in [1.807, 2.05) is 6.08 Å². The predicted octanol–water partition coefficient (Wildman–Crippen LogP) is 2.46. The Kier molecular flexibility index (Phi) is 1.69. The molecule has 2 rings (SSSR count). The molecule has 11 heavy (non-hydrogen) atoms. The van der Waals surface area contributed by atoms with E-state index < -0.39 is 0 Å². The standard InChI is InChI=1S/C7H4BrClN2/c8-5-3-6(9)11-7-4(5)1-2-10-7/h1-4H/t4-/m1/s1. The van der Waals surface area contributed by atoms with Gasteiger partial charge in [0, 0.05) is 10.7 Å². The topological polar surface area (TPSA) is 24.7 Å². The minimum absolute atomic E-state index is 0.192. The Morgan fingerprint density at radius 2 is 2.36 bits per heavy atom. The summed E-state index contributed by atoms with van der Waals surface area (Å²) in [5, 5.41) is 0.482. The Bertz CT molecular complexity index is 314. The lowest BCUT2D eigenvalue weighted by Crippen LogP contribution is -2.12. The first-order valence-electron chi connectivity index (χ1n) is 3.13. The molecule has 4 heteroatoms. The fourth-order valence-electron chi connectivity index (χ4n) is 1.03. The molecular formula is C7H4BrClN2. The molecule has 0 saturated carbocycles. The number of amidine groups is 1. The van der Waals surface area contributed by atoms with Gasteiger partial charge >= 0.3 is 0 Å². The van der Waals surface area contributed by atoms with Gasteiger partial charge in [0.15, 0.2) is 0 Å². The lowest BCUT2D eigenvalue weighted by atomic mass is 10.1. The molecule has 2 heterocycles. The average Bonchev–Trinajstić information content (AvgIpc) is 2.34. The van der Waals surface area contributed by atoms with Crippen molar-refractivity contribution in [1.82, 2.24) is 0 Å². The van der Waals surface area contributed by atoms with Crippen molar-refractivity contribution in [2.75, 3.05) is 0 Å². The number of hydrogen-bond acceptors (Lipinski definition) is 2. The Labute approximate surface area is 77.5 Å². The highest BCUT2D eigenvalue weighted by Crippen LogP contribution is 2.28. The van der Waals surface area contributed by atoms with Crippen molar-refractivity contribution >= 4 is 38.5 Å². The van der Waals surface area contributed by atoms with Gasteiger partial charge in [-0.2, -0.15) is 0 Å². The SMILES string of the molecule is ClC1=NC2=NC=C[C@@H]2C(Br)=C1. The van der Waals surface area contributed by atoms with Gasteiger partial charge in [-0.25, -0.2) is 9.98 Å². The van der Waals surface area contributed by atoms with Gasteiger partial charge < -0.3 is 0 Å². The third-order valence-electron chi connectivity index (χ3n) is 1.54. The van der Waals surface area contributed by atoms with Crippen molar-refractivity contribution in [2.45, 2.75) is 0 Å². The Hall–Kier alpha value is -0.410. The van der Waals surface area contributed by atoms with Gasteiger partial charge in [0.05, 0.1) is 5.92 Å². The molecule has 0 spiro atoms. The summed E-state index contributed by atoms with van der Waals surface area (Å²) in [6, 6.07) is 0. The van der Waals surface area contributed by atoms with Crippen molar-refractivity contribution in [2.24, 2.45) is 15.9 Å². The number of dihydropyridines is 1. The third kappa shape index (κ3) is 1.19. The van der Waals surface area contributed by atoms with Crippen LogP contribution in [0.15, 0.2) is 32.8 Å². The summed E-state index contributed by atoms with van der Waals surface area (Å²) < 4.78 is 1.02. The van der Waals surface area contributed by atoms with Crippen LogP contribution in [0, 0.1) is 5.92 Å². The number of hydrogen-bond donors (Lipinski definition) is 0. The molecule has 0 unspecified atom stereocenters. The fraction of sp³-hybridized carbons (Fsp3) is 0.143. The van der Waals surface area contributed by atoms with Crippen LogP contribution in [0.2, 0.25) is 0 Å². The largest absolute Gasteiger partial charge is 0.241 e. The van der Waals surface area contributed by atoms with E-state index in [1.165, 1.54) is 0 Å². The molecule has 2 nitrogen and oxygen atoms in total. The van der Waals surface area contributed by atoms with E-state index in [2.05, 4.69) is 25.9 Å².